The van der Waals surface area contributed by atoms with Gasteiger partial charge in [-0.25, -0.2) is 0 Å². The van der Waals surface area contributed by atoms with Crippen molar-refractivity contribution in [2.75, 3.05) is 0 Å². The number of pyridine rings is 1. The Kier molecular flexibility index (Phi) is 5.95. The number of nitrogens with zero attached hydrogens (tertiary/aromatic N) is 1. The molecular formula is C20H19ClN2O2. The van der Waals surface area contributed by atoms with Crippen LogP contribution in [0.3, 0.4) is 0 Å². The highest BCUT2D eigenvalue weighted by molar-refractivity contribution is 6.31. The molecule has 128 valence electrons. The number of benzene rings is 1. The van der Waals surface area contributed by atoms with Gasteiger partial charge in [0.25, 0.3) is 5.91 Å². The lowest BCUT2D eigenvalue weighted by atomic mass is 10.0. The van der Waals surface area contributed by atoms with Crippen molar-refractivity contribution in [1.82, 2.24) is 10.3 Å². The Hall–Kier alpha value is -2.64. The second-order valence-corrected chi connectivity index (χ2v) is 6.66. The molecule has 1 aromatic carbocycles. The largest absolute Gasteiger partial charge is 0.335 e. The van der Waals surface area contributed by atoms with E-state index in [0.717, 1.165) is 11.1 Å². The van der Waals surface area contributed by atoms with Crippen molar-refractivity contribution in [3.63, 3.8) is 0 Å². The predicted molar refractivity (Wildman–Crippen MR) is 98.5 cm³/mol. The van der Waals surface area contributed by atoms with Gasteiger partial charge in [0, 0.05) is 24.1 Å². The van der Waals surface area contributed by atoms with Crippen molar-refractivity contribution in [3.8, 4) is 12.3 Å². The number of rotatable bonds is 6. The lowest BCUT2D eigenvalue weighted by molar-refractivity contribution is -0.117. The van der Waals surface area contributed by atoms with E-state index in [-0.39, 0.29) is 30.2 Å². The van der Waals surface area contributed by atoms with Crippen LogP contribution in [0.15, 0.2) is 42.6 Å². The number of terminal acetylenes is 1. The number of nitrogens with one attached hydrogen (secondary N) is 1. The zero-order valence-corrected chi connectivity index (χ0v) is 14.9. The number of ketones is 1. The normalized spacial score (nSPS) is 10.8. The third kappa shape index (κ3) is 5.44. The van der Waals surface area contributed by atoms with Gasteiger partial charge in [-0.3, -0.25) is 14.6 Å². The van der Waals surface area contributed by atoms with Crippen LogP contribution in [0.25, 0.3) is 0 Å². The summed E-state index contributed by atoms with van der Waals surface area (Å²) in [5, 5.41) is 3.28. The Morgan fingerprint density at radius 1 is 1.24 bits per heavy atom. The minimum absolute atomic E-state index is 0.00890. The van der Waals surface area contributed by atoms with Gasteiger partial charge in [-0.15, -0.1) is 6.42 Å². The Balaban J connectivity index is 2.06. The summed E-state index contributed by atoms with van der Waals surface area (Å²) in [6, 6.07) is 10.6. The molecule has 0 aliphatic heterocycles. The van der Waals surface area contributed by atoms with Crippen molar-refractivity contribution < 1.29 is 9.59 Å². The molecule has 1 amide bonds. The maximum atomic E-state index is 12.3. The van der Waals surface area contributed by atoms with Crippen LogP contribution in [-0.2, 0) is 17.6 Å². The molecule has 0 aliphatic rings. The predicted octanol–water partition coefficient (Wildman–Crippen LogP) is 3.23. The van der Waals surface area contributed by atoms with Gasteiger partial charge < -0.3 is 5.32 Å². The summed E-state index contributed by atoms with van der Waals surface area (Å²) in [5.74, 6) is 2.13. The van der Waals surface area contributed by atoms with E-state index in [4.69, 9.17) is 18.0 Å². The summed E-state index contributed by atoms with van der Waals surface area (Å²) in [6.07, 6.45) is 7.33. The number of halogens is 1. The molecule has 0 aliphatic carbocycles. The number of carbonyl (C=O) groups excluding carboxylic acids is 2. The van der Waals surface area contributed by atoms with Gasteiger partial charge in [0.1, 0.15) is 11.5 Å². The van der Waals surface area contributed by atoms with E-state index in [9.17, 15) is 9.59 Å². The van der Waals surface area contributed by atoms with Crippen LogP contribution in [-0.4, -0.2) is 22.2 Å². The molecule has 25 heavy (non-hydrogen) atoms. The molecule has 4 nitrogen and oxygen atoms in total. The fourth-order valence-corrected chi connectivity index (χ4v) is 2.44. The Labute approximate surface area is 152 Å². The first kappa shape index (κ1) is 18.7. The lowest BCUT2D eigenvalue weighted by Gasteiger charge is -2.19. The van der Waals surface area contributed by atoms with Gasteiger partial charge in [-0.05, 0) is 43.2 Å². The molecule has 2 aromatic rings. The summed E-state index contributed by atoms with van der Waals surface area (Å²) in [4.78, 5) is 28.6. The second-order valence-electron chi connectivity index (χ2n) is 6.26. The summed E-state index contributed by atoms with van der Waals surface area (Å²) in [6.45, 7) is 3.45. The van der Waals surface area contributed by atoms with E-state index in [2.05, 4.69) is 16.2 Å². The van der Waals surface area contributed by atoms with Crippen LogP contribution in [0, 0.1) is 12.3 Å². The van der Waals surface area contributed by atoms with Crippen molar-refractivity contribution in [3.05, 3.63) is 64.4 Å². The van der Waals surface area contributed by atoms with Crippen LogP contribution in [0.4, 0.5) is 0 Å². The molecule has 0 radical (unpaired) electrons. The first-order valence-corrected chi connectivity index (χ1v) is 8.19. The molecule has 2 rings (SSSR count). The molecule has 0 saturated heterocycles. The second kappa shape index (κ2) is 7.96. The van der Waals surface area contributed by atoms with Crippen molar-refractivity contribution in [2.45, 2.75) is 32.2 Å². The highest BCUT2D eigenvalue weighted by Gasteiger charge is 2.19. The lowest BCUT2D eigenvalue weighted by Crippen LogP contribution is -2.42. The molecule has 0 bridgehead atoms. The summed E-state index contributed by atoms with van der Waals surface area (Å²) in [5.41, 5.74) is 0.966. The van der Waals surface area contributed by atoms with Crippen LogP contribution < -0.4 is 5.32 Å². The van der Waals surface area contributed by atoms with Crippen LogP contribution >= 0.6 is 11.6 Å². The topological polar surface area (TPSA) is 59.1 Å². The van der Waals surface area contributed by atoms with Gasteiger partial charge >= 0.3 is 0 Å². The number of amides is 1. The minimum atomic E-state index is -0.769. The van der Waals surface area contributed by atoms with Gasteiger partial charge in [0.05, 0.1) is 5.54 Å². The van der Waals surface area contributed by atoms with Crippen LogP contribution in [0.1, 0.15) is 35.5 Å². The minimum Gasteiger partial charge on any atom is -0.335 e. The van der Waals surface area contributed by atoms with E-state index < -0.39 is 5.54 Å². The summed E-state index contributed by atoms with van der Waals surface area (Å²) >= 11 is 6.08. The molecule has 1 heterocycles. The number of aromatic nitrogens is 1. The first-order chi connectivity index (χ1) is 11.8. The van der Waals surface area contributed by atoms with Gasteiger partial charge in [-0.2, -0.15) is 0 Å². The number of carbonyl (C=O) groups is 2. The first-order valence-electron chi connectivity index (χ1n) is 7.81. The maximum absolute atomic E-state index is 12.3. The van der Waals surface area contributed by atoms with Gasteiger partial charge in [-0.1, -0.05) is 35.7 Å². The molecule has 1 N–H and O–H groups in total. The molecule has 5 heteroatoms. The maximum Gasteiger partial charge on any atom is 0.271 e. The van der Waals surface area contributed by atoms with Gasteiger partial charge in [0.15, 0.2) is 0 Å². The third-order valence-electron chi connectivity index (χ3n) is 3.59. The quantitative estimate of drug-likeness (QED) is 0.810. The zero-order valence-electron chi connectivity index (χ0n) is 14.2. The average molecular weight is 355 g/mol. The standard InChI is InChI=1S/C20H19ClN2O2/c1-4-20(2,3)23-19(25)18-12-14(9-10-22-18)11-16(24)13-15-7-5-6-8-17(15)21/h1,5-10,12H,11,13H2,2-3H3,(H,23,25). The average Bonchev–Trinajstić information content (AvgIpc) is 2.57. The molecular weight excluding hydrogens is 336 g/mol. The highest BCUT2D eigenvalue weighted by atomic mass is 35.5. The highest BCUT2D eigenvalue weighted by Crippen LogP contribution is 2.16. The summed E-state index contributed by atoms with van der Waals surface area (Å²) in [7, 11) is 0. The van der Waals surface area contributed by atoms with E-state index in [1.165, 1.54) is 6.20 Å². The Bertz CT molecular complexity index is 838. The van der Waals surface area contributed by atoms with E-state index in [0.29, 0.717) is 5.02 Å². The number of hydrogen-bond acceptors (Lipinski definition) is 3. The molecule has 0 saturated carbocycles. The fraction of sp³-hybridized carbons (Fsp3) is 0.250. The third-order valence-corrected chi connectivity index (χ3v) is 3.96. The Morgan fingerprint density at radius 2 is 1.96 bits per heavy atom. The van der Waals surface area contributed by atoms with Crippen molar-refractivity contribution in [2.24, 2.45) is 0 Å². The van der Waals surface area contributed by atoms with Gasteiger partial charge in [0.2, 0.25) is 0 Å². The number of Topliss-reactive ketones (excluding diaryl/α,β-unsaturated/α-hetero) is 1. The van der Waals surface area contributed by atoms with Crippen molar-refractivity contribution in [1.29, 1.82) is 0 Å². The summed E-state index contributed by atoms with van der Waals surface area (Å²) < 4.78 is 0. The van der Waals surface area contributed by atoms with E-state index in [1.807, 2.05) is 18.2 Å². The number of hydrogen-bond donors (Lipinski definition) is 1. The fourth-order valence-electron chi connectivity index (χ4n) is 2.24. The molecule has 0 unspecified atom stereocenters. The molecule has 0 spiro atoms. The smallest absolute Gasteiger partial charge is 0.271 e. The van der Waals surface area contributed by atoms with Crippen LogP contribution in [0.5, 0.6) is 0 Å². The SMILES string of the molecule is C#CC(C)(C)NC(=O)c1cc(CC(=O)Cc2ccccc2Cl)ccn1. The Morgan fingerprint density at radius 3 is 2.64 bits per heavy atom. The molecule has 1 aromatic heterocycles. The van der Waals surface area contributed by atoms with Crippen LogP contribution in [0.2, 0.25) is 5.02 Å². The monoisotopic (exact) mass is 354 g/mol. The molecule has 0 atom stereocenters. The zero-order chi connectivity index (χ0) is 18.4. The molecule has 0 fully saturated rings. The van der Waals surface area contributed by atoms with E-state index in [1.54, 1.807) is 32.0 Å². The van der Waals surface area contributed by atoms with Crippen molar-refractivity contribution >= 4 is 23.3 Å². The van der Waals surface area contributed by atoms with E-state index >= 15 is 0 Å².